The molecule has 1 aromatic heterocycles. The summed E-state index contributed by atoms with van der Waals surface area (Å²) in [6.45, 7) is 0. The molecule has 0 fully saturated rings. The molecule has 3 nitrogen and oxygen atoms in total. The Bertz CT molecular complexity index is 505. The summed E-state index contributed by atoms with van der Waals surface area (Å²) in [6, 6.07) is 10.1. The molecule has 1 aromatic carbocycles. The van der Waals surface area contributed by atoms with Gasteiger partial charge >= 0.3 is 0 Å². The quantitative estimate of drug-likeness (QED) is 0.779. The molecule has 1 N–H and O–H groups in total. The lowest BCUT2D eigenvalue weighted by Crippen LogP contribution is -2.26. The number of benzene rings is 1. The molecule has 0 saturated carbocycles. The van der Waals surface area contributed by atoms with Crippen LogP contribution < -0.4 is 0 Å². The monoisotopic (exact) mass is 214 g/mol. The van der Waals surface area contributed by atoms with Crippen molar-refractivity contribution in [3.8, 4) is 0 Å². The second-order valence-corrected chi connectivity index (χ2v) is 4.53. The molecule has 0 bridgehead atoms. The van der Waals surface area contributed by atoms with E-state index in [1.807, 2.05) is 31.4 Å². The van der Waals surface area contributed by atoms with Crippen molar-refractivity contribution in [2.45, 2.75) is 18.4 Å². The van der Waals surface area contributed by atoms with Gasteiger partial charge in [0.1, 0.15) is 5.60 Å². The van der Waals surface area contributed by atoms with Crippen LogP contribution in [0.2, 0.25) is 0 Å². The van der Waals surface area contributed by atoms with Crippen molar-refractivity contribution in [2.24, 2.45) is 7.05 Å². The Morgan fingerprint density at radius 1 is 1.19 bits per heavy atom. The Morgan fingerprint density at radius 3 is 2.31 bits per heavy atom. The lowest BCUT2D eigenvalue weighted by atomic mass is 9.96. The average Bonchev–Trinajstić information content (AvgIpc) is 2.81. The topological polar surface area (TPSA) is 38.0 Å². The van der Waals surface area contributed by atoms with Crippen molar-refractivity contribution >= 4 is 0 Å². The minimum atomic E-state index is -0.815. The highest BCUT2D eigenvalue weighted by Crippen LogP contribution is 2.36. The van der Waals surface area contributed by atoms with Gasteiger partial charge in [-0.2, -0.15) is 5.10 Å². The number of hydrogen-bond donors (Lipinski definition) is 1. The van der Waals surface area contributed by atoms with Crippen molar-refractivity contribution < 1.29 is 5.11 Å². The molecule has 1 aliphatic rings. The lowest BCUT2D eigenvalue weighted by molar-refractivity contribution is 0.0431. The molecule has 3 heteroatoms. The predicted molar refractivity (Wildman–Crippen MR) is 61.0 cm³/mol. The number of hydrogen-bond acceptors (Lipinski definition) is 2. The zero-order valence-corrected chi connectivity index (χ0v) is 9.22. The van der Waals surface area contributed by atoms with Crippen LogP contribution in [0.15, 0.2) is 36.5 Å². The molecule has 1 aliphatic carbocycles. The van der Waals surface area contributed by atoms with Crippen LogP contribution in [0.3, 0.4) is 0 Å². The summed E-state index contributed by atoms with van der Waals surface area (Å²) < 4.78 is 1.73. The van der Waals surface area contributed by atoms with E-state index in [0.29, 0.717) is 12.8 Å². The molecule has 82 valence electrons. The van der Waals surface area contributed by atoms with Crippen molar-refractivity contribution in [3.05, 3.63) is 53.3 Å². The number of rotatable bonds is 1. The van der Waals surface area contributed by atoms with Gasteiger partial charge < -0.3 is 5.11 Å². The Labute approximate surface area is 94.3 Å². The van der Waals surface area contributed by atoms with Crippen molar-refractivity contribution in [3.63, 3.8) is 0 Å². The highest BCUT2D eigenvalue weighted by Gasteiger charge is 2.38. The van der Waals surface area contributed by atoms with Crippen LogP contribution in [0.4, 0.5) is 0 Å². The Kier molecular flexibility index (Phi) is 1.91. The van der Waals surface area contributed by atoms with Crippen LogP contribution in [-0.2, 0) is 25.5 Å². The van der Waals surface area contributed by atoms with Crippen LogP contribution in [0.5, 0.6) is 0 Å². The third-order valence-corrected chi connectivity index (χ3v) is 3.27. The molecule has 16 heavy (non-hydrogen) atoms. The number of aliphatic hydroxyl groups is 1. The van der Waals surface area contributed by atoms with Crippen molar-refractivity contribution in [1.82, 2.24) is 9.78 Å². The summed E-state index contributed by atoms with van der Waals surface area (Å²) in [4.78, 5) is 0. The number of aromatic nitrogens is 2. The molecule has 0 amide bonds. The van der Waals surface area contributed by atoms with Gasteiger partial charge in [0, 0.05) is 26.1 Å². The van der Waals surface area contributed by atoms with E-state index in [1.54, 1.807) is 4.68 Å². The summed E-state index contributed by atoms with van der Waals surface area (Å²) >= 11 is 0. The van der Waals surface area contributed by atoms with Crippen LogP contribution in [0.25, 0.3) is 0 Å². The van der Waals surface area contributed by atoms with Gasteiger partial charge in [-0.15, -0.1) is 0 Å². The van der Waals surface area contributed by atoms with E-state index in [4.69, 9.17) is 0 Å². The molecule has 0 atom stereocenters. The second kappa shape index (κ2) is 3.19. The molecule has 3 rings (SSSR count). The number of aryl methyl sites for hydroxylation is 1. The third-order valence-electron chi connectivity index (χ3n) is 3.27. The van der Waals surface area contributed by atoms with Crippen LogP contribution in [0.1, 0.15) is 16.8 Å². The minimum Gasteiger partial charge on any atom is -0.383 e. The van der Waals surface area contributed by atoms with Gasteiger partial charge in [-0.05, 0) is 17.2 Å². The maximum atomic E-state index is 10.6. The Hall–Kier alpha value is -1.61. The van der Waals surface area contributed by atoms with Crippen LogP contribution in [0, 0.1) is 0 Å². The summed E-state index contributed by atoms with van der Waals surface area (Å²) in [5.41, 5.74) is 2.42. The van der Waals surface area contributed by atoms with Gasteiger partial charge in [0.15, 0.2) is 0 Å². The average molecular weight is 214 g/mol. The van der Waals surface area contributed by atoms with Gasteiger partial charge in [0.2, 0.25) is 0 Å². The smallest absolute Gasteiger partial charge is 0.116 e. The first kappa shape index (κ1) is 9.60. The fourth-order valence-electron chi connectivity index (χ4n) is 2.44. The van der Waals surface area contributed by atoms with E-state index in [1.165, 1.54) is 11.1 Å². The Balaban J connectivity index is 2.00. The van der Waals surface area contributed by atoms with E-state index >= 15 is 0 Å². The summed E-state index contributed by atoms with van der Waals surface area (Å²) in [5, 5.41) is 14.9. The SMILES string of the molecule is Cn1ccc(C2(O)Cc3ccccc3C2)n1. The van der Waals surface area contributed by atoms with Gasteiger partial charge in [0.05, 0.1) is 5.69 Å². The maximum Gasteiger partial charge on any atom is 0.116 e. The molecule has 0 spiro atoms. The van der Waals surface area contributed by atoms with Gasteiger partial charge in [0.25, 0.3) is 0 Å². The zero-order chi connectivity index (χ0) is 11.2. The fourth-order valence-corrected chi connectivity index (χ4v) is 2.44. The van der Waals surface area contributed by atoms with Crippen LogP contribution in [-0.4, -0.2) is 14.9 Å². The summed E-state index contributed by atoms with van der Waals surface area (Å²) in [5.74, 6) is 0. The molecular formula is C13H14N2O. The van der Waals surface area contributed by atoms with Gasteiger partial charge in [-0.25, -0.2) is 0 Å². The number of fused-ring (bicyclic) bond motifs is 1. The lowest BCUT2D eigenvalue weighted by Gasteiger charge is -2.19. The normalized spacial score (nSPS) is 17.4. The highest BCUT2D eigenvalue weighted by molar-refractivity contribution is 5.37. The van der Waals surface area contributed by atoms with E-state index < -0.39 is 5.60 Å². The first-order valence-electron chi connectivity index (χ1n) is 5.47. The van der Waals surface area contributed by atoms with Gasteiger partial charge in [-0.1, -0.05) is 24.3 Å². The van der Waals surface area contributed by atoms with E-state index in [2.05, 4.69) is 17.2 Å². The third kappa shape index (κ3) is 1.36. The highest BCUT2D eigenvalue weighted by atomic mass is 16.3. The molecular weight excluding hydrogens is 200 g/mol. The van der Waals surface area contributed by atoms with E-state index in [-0.39, 0.29) is 0 Å². The maximum absolute atomic E-state index is 10.6. The Morgan fingerprint density at radius 2 is 1.81 bits per heavy atom. The van der Waals surface area contributed by atoms with Crippen molar-refractivity contribution in [1.29, 1.82) is 0 Å². The van der Waals surface area contributed by atoms with E-state index in [9.17, 15) is 5.11 Å². The minimum absolute atomic E-state index is 0.667. The predicted octanol–water partition coefficient (Wildman–Crippen LogP) is 1.41. The summed E-state index contributed by atoms with van der Waals surface area (Å²) in [7, 11) is 1.87. The van der Waals surface area contributed by atoms with Gasteiger partial charge in [-0.3, -0.25) is 4.68 Å². The molecule has 0 saturated heterocycles. The molecule has 0 unspecified atom stereocenters. The van der Waals surface area contributed by atoms with Crippen LogP contribution >= 0.6 is 0 Å². The first-order chi connectivity index (χ1) is 7.67. The van der Waals surface area contributed by atoms with Crippen molar-refractivity contribution in [2.75, 3.05) is 0 Å². The zero-order valence-electron chi connectivity index (χ0n) is 9.22. The fraction of sp³-hybridized carbons (Fsp3) is 0.308. The van der Waals surface area contributed by atoms with E-state index in [0.717, 1.165) is 5.69 Å². The second-order valence-electron chi connectivity index (χ2n) is 4.53. The number of nitrogens with zero attached hydrogens (tertiary/aromatic N) is 2. The standard InChI is InChI=1S/C13H14N2O/c1-15-7-6-12(14-15)13(16)8-10-4-2-3-5-11(10)9-13/h2-7,16H,8-9H2,1H3. The molecule has 0 radical (unpaired) electrons. The summed E-state index contributed by atoms with van der Waals surface area (Å²) in [6.07, 6.45) is 3.21. The molecule has 0 aliphatic heterocycles. The first-order valence-corrected chi connectivity index (χ1v) is 5.47. The largest absolute Gasteiger partial charge is 0.383 e. The molecule has 1 heterocycles. The molecule has 2 aromatic rings.